The van der Waals surface area contributed by atoms with Crippen molar-refractivity contribution < 1.29 is 18.3 Å². The molecule has 0 atom stereocenters. The van der Waals surface area contributed by atoms with Crippen LogP contribution in [0.25, 0.3) is 10.2 Å². The Balaban J connectivity index is 1.57. The van der Waals surface area contributed by atoms with E-state index in [1.54, 1.807) is 0 Å². The minimum absolute atomic E-state index is 0.0581. The highest BCUT2D eigenvalue weighted by Crippen LogP contribution is 2.32. The van der Waals surface area contributed by atoms with Crippen molar-refractivity contribution >= 4 is 32.6 Å². The van der Waals surface area contributed by atoms with Crippen molar-refractivity contribution in [2.75, 3.05) is 11.5 Å². The summed E-state index contributed by atoms with van der Waals surface area (Å²) in [4.78, 5) is 18.8. The number of ether oxygens (including phenoxy) is 1. The molecule has 4 nitrogen and oxygen atoms in total. The number of hydrogen-bond acceptors (Lipinski definition) is 4. The first kappa shape index (κ1) is 20.0. The molecule has 1 aromatic heterocycles. The van der Waals surface area contributed by atoms with Crippen LogP contribution in [0.4, 0.5) is 13.9 Å². The number of thiazole rings is 1. The van der Waals surface area contributed by atoms with Crippen molar-refractivity contribution in [3.05, 3.63) is 90.0 Å². The Kier molecular flexibility index (Phi) is 5.99. The van der Waals surface area contributed by atoms with Crippen molar-refractivity contribution in [2.24, 2.45) is 0 Å². The standard InChI is InChI=1S/C23H18F2N2O2S/c24-17-13-19(25)22-20(14-17)30-23(26-22)27(15-16-7-3-1-4-8-16)21(28)11-12-29-18-9-5-2-6-10-18/h1-10,13-14H,11-12,15H2. The Morgan fingerprint density at radius 1 is 1.00 bits per heavy atom. The molecular weight excluding hydrogens is 406 g/mol. The average molecular weight is 424 g/mol. The van der Waals surface area contributed by atoms with Gasteiger partial charge >= 0.3 is 0 Å². The number of carbonyl (C=O) groups is 1. The highest BCUT2D eigenvalue weighted by Gasteiger charge is 2.21. The maximum atomic E-state index is 14.1. The van der Waals surface area contributed by atoms with Crippen LogP contribution in [0.5, 0.6) is 5.75 Å². The van der Waals surface area contributed by atoms with E-state index >= 15 is 0 Å². The van der Waals surface area contributed by atoms with Crippen molar-refractivity contribution in [3.63, 3.8) is 0 Å². The van der Waals surface area contributed by atoms with Gasteiger partial charge in [0.05, 0.1) is 24.3 Å². The zero-order chi connectivity index (χ0) is 20.9. The largest absolute Gasteiger partial charge is 0.493 e. The van der Waals surface area contributed by atoms with Crippen molar-refractivity contribution in [1.29, 1.82) is 0 Å². The zero-order valence-corrected chi connectivity index (χ0v) is 16.7. The van der Waals surface area contributed by atoms with Gasteiger partial charge in [-0.2, -0.15) is 0 Å². The topological polar surface area (TPSA) is 42.4 Å². The molecule has 0 bridgehead atoms. The monoisotopic (exact) mass is 424 g/mol. The minimum Gasteiger partial charge on any atom is -0.493 e. The lowest BCUT2D eigenvalue weighted by atomic mass is 10.2. The molecule has 0 aliphatic carbocycles. The number of fused-ring (bicyclic) bond motifs is 1. The Labute approximate surface area is 176 Å². The molecule has 0 spiro atoms. The number of para-hydroxylation sites is 1. The quantitative estimate of drug-likeness (QED) is 0.389. The van der Waals surface area contributed by atoms with Gasteiger partial charge in [0.2, 0.25) is 5.91 Å². The van der Waals surface area contributed by atoms with E-state index in [9.17, 15) is 13.6 Å². The van der Waals surface area contributed by atoms with Crippen LogP contribution in [0.15, 0.2) is 72.8 Å². The highest BCUT2D eigenvalue weighted by atomic mass is 32.1. The zero-order valence-electron chi connectivity index (χ0n) is 15.9. The van der Waals surface area contributed by atoms with Crippen molar-refractivity contribution in [1.82, 2.24) is 4.98 Å². The fourth-order valence-corrected chi connectivity index (χ4v) is 4.02. The number of aromatic nitrogens is 1. The highest BCUT2D eigenvalue weighted by molar-refractivity contribution is 7.22. The molecule has 1 amide bonds. The maximum absolute atomic E-state index is 14.1. The van der Waals surface area contributed by atoms with Crippen LogP contribution >= 0.6 is 11.3 Å². The summed E-state index contributed by atoms with van der Waals surface area (Å²) < 4.78 is 33.7. The molecule has 4 aromatic rings. The van der Waals surface area contributed by atoms with Gasteiger partial charge in [0.25, 0.3) is 0 Å². The number of amides is 1. The number of halogens is 2. The van der Waals surface area contributed by atoms with Gasteiger partial charge in [-0.25, -0.2) is 13.8 Å². The van der Waals surface area contributed by atoms with Crippen LogP contribution in [0.1, 0.15) is 12.0 Å². The second kappa shape index (κ2) is 9.00. The van der Waals surface area contributed by atoms with Gasteiger partial charge in [-0.3, -0.25) is 9.69 Å². The summed E-state index contributed by atoms with van der Waals surface area (Å²) >= 11 is 1.08. The van der Waals surface area contributed by atoms with Crippen molar-refractivity contribution in [3.8, 4) is 5.75 Å². The Bertz CT molecular complexity index is 1150. The predicted molar refractivity (Wildman–Crippen MR) is 114 cm³/mol. The van der Waals surface area contributed by atoms with Gasteiger partial charge in [-0.1, -0.05) is 59.9 Å². The van der Waals surface area contributed by atoms with E-state index in [1.807, 2.05) is 60.7 Å². The molecule has 1 heterocycles. The number of hydrogen-bond donors (Lipinski definition) is 0. The second-order valence-electron chi connectivity index (χ2n) is 6.61. The molecule has 0 unspecified atom stereocenters. The van der Waals surface area contributed by atoms with E-state index in [0.717, 1.165) is 23.0 Å². The molecule has 0 radical (unpaired) electrons. The molecule has 7 heteroatoms. The third kappa shape index (κ3) is 4.63. The van der Waals surface area contributed by atoms with Gasteiger partial charge in [-0.15, -0.1) is 0 Å². The molecule has 152 valence electrons. The number of rotatable bonds is 7. The normalized spacial score (nSPS) is 10.9. The van der Waals surface area contributed by atoms with Gasteiger partial charge in [0.1, 0.15) is 17.1 Å². The van der Waals surface area contributed by atoms with Crippen LogP contribution in [-0.2, 0) is 11.3 Å². The molecular formula is C23H18F2N2O2S. The summed E-state index contributed by atoms with van der Waals surface area (Å²) in [6.45, 7) is 0.469. The molecule has 0 fully saturated rings. The fraction of sp³-hybridized carbons (Fsp3) is 0.130. The van der Waals surface area contributed by atoms with Crippen LogP contribution in [0.2, 0.25) is 0 Å². The van der Waals surface area contributed by atoms with E-state index in [4.69, 9.17) is 4.74 Å². The molecule has 0 N–H and O–H groups in total. The summed E-state index contributed by atoms with van der Waals surface area (Å²) in [5, 5.41) is 0.322. The fourth-order valence-electron chi connectivity index (χ4n) is 3.00. The summed E-state index contributed by atoms with van der Waals surface area (Å²) in [7, 11) is 0. The first-order valence-corrected chi connectivity index (χ1v) is 10.2. The van der Waals surface area contributed by atoms with Gasteiger partial charge < -0.3 is 4.74 Å². The van der Waals surface area contributed by atoms with E-state index in [2.05, 4.69) is 4.98 Å². The molecule has 30 heavy (non-hydrogen) atoms. The van der Waals surface area contributed by atoms with Gasteiger partial charge in [-0.05, 0) is 23.8 Å². The third-order valence-corrected chi connectivity index (χ3v) is 5.47. The molecule has 4 rings (SSSR count). The second-order valence-corrected chi connectivity index (χ2v) is 7.62. The Hall–Kier alpha value is -3.32. The van der Waals surface area contributed by atoms with Crippen LogP contribution in [0.3, 0.4) is 0 Å². The Morgan fingerprint density at radius 3 is 2.43 bits per heavy atom. The molecule has 0 aliphatic heterocycles. The molecule has 0 saturated carbocycles. The van der Waals surface area contributed by atoms with Crippen LogP contribution in [0, 0.1) is 11.6 Å². The summed E-state index contributed by atoms with van der Waals surface area (Å²) in [6.07, 6.45) is 0.120. The van der Waals surface area contributed by atoms with Crippen LogP contribution < -0.4 is 9.64 Å². The van der Waals surface area contributed by atoms with E-state index in [-0.39, 0.29) is 31.0 Å². The SMILES string of the molecule is O=C(CCOc1ccccc1)N(Cc1ccccc1)c1nc2c(F)cc(F)cc2s1. The summed E-state index contributed by atoms with van der Waals surface area (Å²) in [6, 6.07) is 20.7. The van der Waals surface area contributed by atoms with E-state index < -0.39 is 11.6 Å². The number of nitrogens with zero attached hydrogens (tertiary/aromatic N) is 2. The lowest BCUT2D eigenvalue weighted by Crippen LogP contribution is -2.31. The molecule has 0 aliphatic rings. The summed E-state index contributed by atoms with van der Waals surface area (Å²) in [5.74, 6) is -0.952. The first-order valence-electron chi connectivity index (χ1n) is 9.38. The third-order valence-electron chi connectivity index (χ3n) is 4.45. The van der Waals surface area contributed by atoms with E-state index in [0.29, 0.717) is 15.6 Å². The number of anilines is 1. The molecule has 0 saturated heterocycles. The average Bonchev–Trinajstić information content (AvgIpc) is 3.17. The smallest absolute Gasteiger partial charge is 0.232 e. The van der Waals surface area contributed by atoms with Crippen LogP contribution in [-0.4, -0.2) is 17.5 Å². The minimum atomic E-state index is -0.743. The maximum Gasteiger partial charge on any atom is 0.232 e. The number of benzene rings is 3. The van der Waals surface area contributed by atoms with E-state index in [1.165, 1.54) is 11.0 Å². The van der Waals surface area contributed by atoms with Gasteiger partial charge in [0.15, 0.2) is 10.9 Å². The summed E-state index contributed by atoms with van der Waals surface area (Å²) in [5.41, 5.74) is 0.962. The lowest BCUT2D eigenvalue weighted by molar-refractivity contribution is -0.119. The Morgan fingerprint density at radius 2 is 1.70 bits per heavy atom. The predicted octanol–water partition coefficient (Wildman–Crippen LogP) is 5.58. The van der Waals surface area contributed by atoms with Gasteiger partial charge in [0, 0.05) is 6.07 Å². The molecule has 3 aromatic carbocycles. The number of carbonyl (C=O) groups excluding carboxylic acids is 1. The lowest BCUT2D eigenvalue weighted by Gasteiger charge is -2.20. The van der Waals surface area contributed by atoms with Crippen molar-refractivity contribution in [2.45, 2.75) is 13.0 Å². The first-order chi connectivity index (χ1) is 14.6.